The molecule has 1 aromatic carbocycles. The molecule has 0 radical (unpaired) electrons. The minimum Gasteiger partial charge on any atom is -0.483 e. The Morgan fingerprint density at radius 3 is 2.75 bits per heavy atom. The van der Waals surface area contributed by atoms with Gasteiger partial charge in [0.25, 0.3) is 5.91 Å². The lowest BCUT2D eigenvalue weighted by atomic mass is 9.87. The average Bonchev–Trinajstić information content (AvgIpc) is 3.97. The molecule has 298 valence electrons. The normalized spacial score (nSPS) is 33.2. The van der Waals surface area contributed by atoms with E-state index >= 15 is 0 Å². The second-order valence-electron chi connectivity index (χ2n) is 16.6. The number of allylic oxidation sites excluding steroid dienone is 1. The van der Waals surface area contributed by atoms with Crippen molar-refractivity contribution < 1.29 is 37.1 Å². The lowest BCUT2D eigenvalue weighted by molar-refractivity contribution is -0.140. The van der Waals surface area contributed by atoms with Gasteiger partial charge < -0.3 is 25.4 Å². The van der Waals surface area contributed by atoms with Crippen LogP contribution in [0.15, 0.2) is 30.4 Å². The molecule has 3 unspecified atom stereocenters. The Morgan fingerprint density at radius 2 is 1.98 bits per heavy atom. The lowest BCUT2D eigenvalue weighted by Crippen LogP contribution is -2.58. The quantitative estimate of drug-likeness (QED) is 0.247. The monoisotopic (exact) mass is 817 g/mol. The van der Waals surface area contributed by atoms with Gasteiger partial charge in [-0.3, -0.25) is 19.1 Å². The molecule has 8 atom stereocenters. The summed E-state index contributed by atoms with van der Waals surface area (Å²) in [5.41, 5.74) is 5.56. The van der Waals surface area contributed by atoms with E-state index in [0.29, 0.717) is 48.6 Å². The van der Waals surface area contributed by atoms with Gasteiger partial charge in [0, 0.05) is 39.9 Å². The molecule has 4 N–H and O–H groups in total. The van der Waals surface area contributed by atoms with Crippen molar-refractivity contribution in [2.24, 2.45) is 23.5 Å². The molecule has 2 saturated carbocycles. The van der Waals surface area contributed by atoms with E-state index in [9.17, 15) is 27.6 Å². The van der Waals surface area contributed by atoms with Gasteiger partial charge in [-0.25, -0.2) is 18.2 Å². The second-order valence-corrected chi connectivity index (χ2v) is 19.5. The maximum absolute atomic E-state index is 14.5. The lowest BCUT2D eigenvalue weighted by Gasteiger charge is -2.36. The largest absolute Gasteiger partial charge is 0.483 e. The number of fused-ring (bicyclic) bond motifs is 5. The molecule has 3 aliphatic heterocycles. The number of nitrogens with one attached hydrogen (secondary N) is 2. The number of benzene rings is 1. The summed E-state index contributed by atoms with van der Waals surface area (Å²) >= 11 is 11.7. The van der Waals surface area contributed by atoms with Gasteiger partial charge in [0.2, 0.25) is 21.8 Å². The Hall–Kier alpha value is -3.46. The number of sulfonamides is 1. The third kappa shape index (κ3) is 7.68. The highest BCUT2D eigenvalue weighted by molar-refractivity contribution is 7.91. The maximum Gasteiger partial charge on any atom is 0.403 e. The first kappa shape index (κ1) is 39.8. The van der Waals surface area contributed by atoms with E-state index in [1.807, 2.05) is 38.1 Å². The Labute approximate surface area is 331 Å². The van der Waals surface area contributed by atoms with Crippen LogP contribution in [0.2, 0.25) is 5.02 Å². The molecule has 3 fully saturated rings. The summed E-state index contributed by atoms with van der Waals surface area (Å²) in [6.45, 7) is 5.46. The number of aryl methyl sites for hydroxylation is 2. The molecule has 1 spiro atoms. The van der Waals surface area contributed by atoms with Gasteiger partial charge >= 0.3 is 5.43 Å². The maximum atomic E-state index is 14.5. The number of carbonyl (C=O) groups is 4. The first-order valence-corrected chi connectivity index (χ1v) is 21.4. The summed E-state index contributed by atoms with van der Waals surface area (Å²) in [6, 6.07) is 3.69. The Morgan fingerprint density at radius 1 is 1.20 bits per heavy atom. The standard InChI is InChI=1S/C39H49Cl2N5O8S/c1-22(20-53-36(41)50)15-25-17-37(25,3)55(51,52)45-35(49)39-18-24(39)9-7-5-4-6-8-10-29(42)34(48)46-21-38(19-31(46)33(47)44-39)14-13-27-28-16-26(40)11-12-30(28)43-23(2)32(27)54-38/h7,9,11-12,16,22,24-25,29,31H,4-6,8,10,13-15,17-21,42H2,1-3H3,(H,44,47)(H,45,49)/b9-7-/t22?,24-,25?,29+,31+,37?,38-,39-/m1/s1. The first-order valence-electron chi connectivity index (χ1n) is 19.2. The number of hydrogen-bond acceptors (Lipinski definition) is 10. The summed E-state index contributed by atoms with van der Waals surface area (Å²) in [5, 5.41) is 4.41. The summed E-state index contributed by atoms with van der Waals surface area (Å²) < 4.78 is 40.4. The number of rotatable bonds is 7. The van der Waals surface area contributed by atoms with Crippen LogP contribution in [-0.2, 0) is 35.6 Å². The van der Waals surface area contributed by atoms with Crippen molar-refractivity contribution in [1.82, 2.24) is 19.9 Å². The van der Waals surface area contributed by atoms with Crippen LogP contribution in [0.25, 0.3) is 10.9 Å². The Balaban J connectivity index is 1.14. The van der Waals surface area contributed by atoms with Crippen molar-refractivity contribution in [2.75, 3.05) is 13.2 Å². The number of nitrogens with two attached hydrogens (primary N) is 1. The highest BCUT2D eigenvalue weighted by Crippen LogP contribution is 2.54. The molecule has 7 rings (SSSR count). The van der Waals surface area contributed by atoms with Crippen molar-refractivity contribution in [1.29, 1.82) is 0 Å². The highest BCUT2D eigenvalue weighted by Gasteiger charge is 2.65. The fraction of sp³-hybridized carbons (Fsp3) is 0.615. The SMILES string of the molecule is Cc1nc2ccc(Cl)cc2c2c1O[C@]1(CC2)C[C@H]2C(=O)N[C@]3(C(=O)NS(=O)(=O)C4(C)CC4CC(C)COC(=O)Cl)C[C@H]3/C=C\CCCCC[C@H](N)C(=O)N2C1. The van der Waals surface area contributed by atoms with Crippen LogP contribution < -0.4 is 20.5 Å². The van der Waals surface area contributed by atoms with Crippen LogP contribution in [0.3, 0.4) is 0 Å². The second kappa shape index (κ2) is 14.8. The molecule has 2 aromatic rings. The number of nitrogens with zero attached hydrogens (tertiary/aromatic N) is 2. The molecule has 1 saturated heterocycles. The van der Waals surface area contributed by atoms with E-state index in [1.165, 1.54) is 4.90 Å². The van der Waals surface area contributed by atoms with Gasteiger partial charge in [-0.1, -0.05) is 43.5 Å². The smallest absolute Gasteiger partial charge is 0.403 e. The van der Waals surface area contributed by atoms with Crippen molar-refractivity contribution in [2.45, 2.75) is 119 Å². The predicted octanol–water partition coefficient (Wildman–Crippen LogP) is 5.21. The summed E-state index contributed by atoms with van der Waals surface area (Å²) in [4.78, 5) is 60.1. The van der Waals surface area contributed by atoms with E-state index in [0.717, 1.165) is 42.1 Å². The number of halogens is 2. The van der Waals surface area contributed by atoms with E-state index in [1.54, 1.807) is 13.0 Å². The first-order chi connectivity index (χ1) is 26.0. The molecule has 55 heavy (non-hydrogen) atoms. The number of pyridine rings is 1. The van der Waals surface area contributed by atoms with E-state index in [2.05, 4.69) is 10.0 Å². The predicted molar refractivity (Wildman–Crippen MR) is 207 cm³/mol. The fourth-order valence-electron chi connectivity index (χ4n) is 8.96. The summed E-state index contributed by atoms with van der Waals surface area (Å²) in [5.74, 6) is -2.00. The molecule has 1 aromatic heterocycles. The molecule has 5 aliphatic rings. The van der Waals surface area contributed by atoms with E-state index in [-0.39, 0.29) is 43.7 Å². The molecule has 2 aliphatic carbocycles. The molecule has 4 heterocycles. The van der Waals surface area contributed by atoms with E-state index in [4.69, 9.17) is 43.4 Å². The van der Waals surface area contributed by atoms with Gasteiger partial charge in [-0.05, 0) is 95.2 Å². The van der Waals surface area contributed by atoms with Crippen LogP contribution in [0.5, 0.6) is 5.75 Å². The third-order valence-electron chi connectivity index (χ3n) is 12.5. The highest BCUT2D eigenvalue weighted by atomic mass is 35.5. The van der Waals surface area contributed by atoms with Crippen LogP contribution in [0.4, 0.5) is 4.79 Å². The minimum atomic E-state index is -4.19. The van der Waals surface area contributed by atoms with Crippen molar-refractivity contribution in [3.63, 3.8) is 0 Å². The number of ether oxygens (including phenoxy) is 2. The molecule has 16 heteroatoms. The van der Waals surface area contributed by atoms with Crippen molar-refractivity contribution in [3.05, 3.63) is 46.6 Å². The molecular formula is C39H49Cl2N5O8S. The molecule has 3 amide bonds. The number of hydrogen-bond donors (Lipinski definition) is 3. The summed E-state index contributed by atoms with van der Waals surface area (Å²) in [7, 11) is -4.19. The van der Waals surface area contributed by atoms with Crippen LogP contribution in [-0.4, -0.2) is 82.6 Å². The Bertz CT molecular complexity index is 2070. The topological polar surface area (TPSA) is 187 Å². The van der Waals surface area contributed by atoms with Crippen LogP contribution in [0, 0.1) is 24.7 Å². The number of carbonyl (C=O) groups excluding carboxylic acids is 4. The number of aromatic nitrogens is 1. The molecule has 0 bridgehead atoms. The van der Waals surface area contributed by atoms with Gasteiger partial charge in [0.05, 0.1) is 35.2 Å². The fourth-order valence-corrected chi connectivity index (χ4v) is 10.8. The zero-order valence-electron chi connectivity index (χ0n) is 31.4. The third-order valence-corrected chi connectivity index (χ3v) is 15.0. The van der Waals surface area contributed by atoms with Gasteiger partial charge in [0.1, 0.15) is 22.9 Å². The van der Waals surface area contributed by atoms with Gasteiger partial charge in [-0.15, -0.1) is 0 Å². The minimum absolute atomic E-state index is 0.0528. The Kier molecular flexibility index (Phi) is 10.7. The van der Waals surface area contributed by atoms with Gasteiger partial charge in [0.15, 0.2) is 0 Å². The zero-order chi connectivity index (χ0) is 39.5. The van der Waals surface area contributed by atoms with Crippen molar-refractivity contribution in [3.8, 4) is 5.75 Å². The number of amides is 3. The molecule has 13 nitrogen and oxygen atoms in total. The van der Waals surface area contributed by atoms with Crippen LogP contribution in [0.1, 0.15) is 89.3 Å². The average molecular weight is 819 g/mol. The van der Waals surface area contributed by atoms with Crippen LogP contribution >= 0.6 is 23.2 Å². The van der Waals surface area contributed by atoms with E-state index < -0.39 is 61.2 Å². The summed E-state index contributed by atoms with van der Waals surface area (Å²) in [6.07, 6.45) is 9.71. The zero-order valence-corrected chi connectivity index (χ0v) is 33.7. The van der Waals surface area contributed by atoms with Crippen molar-refractivity contribution >= 4 is 67.3 Å². The molecular weight excluding hydrogens is 769 g/mol. The van der Waals surface area contributed by atoms with Gasteiger partial charge in [-0.2, -0.15) is 0 Å².